The largest absolute Gasteiger partial charge is 0.480 e. The fourth-order valence-electron chi connectivity index (χ4n) is 1.68. The first-order valence-corrected chi connectivity index (χ1v) is 6.28. The van der Waals surface area contributed by atoms with Gasteiger partial charge in [0.1, 0.15) is 6.61 Å². The van der Waals surface area contributed by atoms with Gasteiger partial charge in [0.05, 0.1) is 6.61 Å². The van der Waals surface area contributed by atoms with Crippen LogP contribution in [0.25, 0.3) is 0 Å². The maximum Gasteiger partial charge on any atom is 0.329 e. The van der Waals surface area contributed by atoms with Gasteiger partial charge in [-0.2, -0.15) is 0 Å². The summed E-state index contributed by atoms with van der Waals surface area (Å²) in [7, 11) is 0. The summed E-state index contributed by atoms with van der Waals surface area (Å²) < 4.78 is 4.75. The summed E-state index contributed by atoms with van der Waals surface area (Å²) >= 11 is 0. The number of rotatable bonds is 8. The molecule has 0 aliphatic heterocycles. The van der Waals surface area contributed by atoms with Crippen LogP contribution in [0.2, 0.25) is 0 Å². The van der Waals surface area contributed by atoms with Crippen LogP contribution < -0.4 is 16.6 Å². The van der Waals surface area contributed by atoms with Crippen molar-refractivity contribution in [3.05, 3.63) is 32.1 Å². The number of hydrogen-bond acceptors (Lipinski definition) is 5. The second-order valence-electron chi connectivity index (χ2n) is 4.31. The van der Waals surface area contributed by atoms with Gasteiger partial charge >= 0.3 is 11.7 Å². The number of carbonyl (C=O) groups is 2. The summed E-state index contributed by atoms with van der Waals surface area (Å²) in [6, 6.07) is 0. The number of aromatic nitrogens is 2. The lowest BCUT2D eigenvalue weighted by atomic mass is 10.1. The van der Waals surface area contributed by atoms with Crippen molar-refractivity contribution in [2.24, 2.45) is 0 Å². The van der Waals surface area contributed by atoms with E-state index >= 15 is 0 Å². The molecule has 0 aromatic carbocycles. The first-order valence-electron chi connectivity index (χ1n) is 6.28. The number of H-pyrrole nitrogens is 2. The Balaban J connectivity index is 2.35. The highest BCUT2D eigenvalue weighted by molar-refractivity contribution is 5.76. The van der Waals surface area contributed by atoms with E-state index in [0.717, 1.165) is 0 Å². The lowest BCUT2D eigenvalue weighted by Gasteiger charge is -2.06. The minimum atomic E-state index is -1.07. The van der Waals surface area contributed by atoms with Gasteiger partial charge in [0.25, 0.3) is 5.56 Å². The quantitative estimate of drug-likeness (QED) is 0.431. The molecule has 0 atom stereocenters. The molecule has 0 unspecified atom stereocenters. The van der Waals surface area contributed by atoms with Crippen LogP contribution in [0.4, 0.5) is 0 Å². The van der Waals surface area contributed by atoms with Gasteiger partial charge in [0, 0.05) is 24.2 Å². The Labute approximate surface area is 119 Å². The third-order valence-electron chi connectivity index (χ3n) is 2.65. The van der Waals surface area contributed by atoms with E-state index in [-0.39, 0.29) is 31.9 Å². The molecule has 1 rings (SSSR count). The highest BCUT2D eigenvalue weighted by atomic mass is 16.5. The molecule has 0 spiro atoms. The monoisotopic (exact) mass is 299 g/mol. The lowest BCUT2D eigenvalue weighted by molar-refractivity contribution is -0.142. The Morgan fingerprint density at radius 3 is 2.62 bits per heavy atom. The van der Waals surface area contributed by atoms with Crippen LogP contribution >= 0.6 is 0 Å². The summed E-state index contributed by atoms with van der Waals surface area (Å²) in [6.45, 7) is 1.45. The number of aromatic amines is 2. The van der Waals surface area contributed by atoms with Crippen molar-refractivity contribution in [2.45, 2.75) is 19.8 Å². The van der Waals surface area contributed by atoms with Gasteiger partial charge in [0.15, 0.2) is 0 Å². The van der Waals surface area contributed by atoms with Crippen LogP contribution in [0.1, 0.15) is 17.7 Å². The minimum Gasteiger partial charge on any atom is -0.480 e. The smallest absolute Gasteiger partial charge is 0.329 e. The molecule has 1 aromatic rings. The molecule has 0 saturated carbocycles. The molecule has 0 aliphatic carbocycles. The van der Waals surface area contributed by atoms with Gasteiger partial charge in [-0.25, -0.2) is 9.59 Å². The van der Waals surface area contributed by atoms with E-state index in [4.69, 9.17) is 9.84 Å². The molecule has 9 nitrogen and oxygen atoms in total. The van der Waals surface area contributed by atoms with Crippen LogP contribution in [0, 0.1) is 6.92 Å². The zero-order valence-electron chi connectivity index (χ0n) is 11.5. The minimum absolute atomic E-state index is 0.0783. The van der Waals surface area contributed by atoms with Gasteiger partial charge in [0.2, 0.25) is 5.91 Å². The average Bonchev–Trinajstić information content (AvgIpc) is 2.36. The highest BCUT2D eigenvalue weighted by Crippen LogP contribution is 1.99. The van der Waals surface area contributed by atoms with E-state index in [1.54, 1.807) is 6.92 Å². The fourth-order valence-corrected chi connectivity index (χ4v) is 1.68. The number of ether oxygens (including phenoxy) is 1. The Morgan fingerprint density at radius 2 is 2.00 bits per heavy atom. The van der Waals surface area contributed by atoms with E-state index < -0.39 is 23.8 Å². The molecule has 1 amide bonds. The molecule has 116 valence electrons. The molecule has 0 bridgehead atoms. The maximum absolute atomic E-state index is 11.6. The number of carbonyl (C=O) groups excluding carboxylic acids is 1. The van der Waals surface area contributed by atoms with Crippen LogP contribution in [-0.4, -0.2) is 46.7 Å². The fraction of sp³-hybridized carbons (Fsp3) is 0.500. The number of nitrogens with one attached hydrogen (secondary N) is 3. The van der Waals surface area contributed by atoms with Crippen molar-refractivity contribution in [1.82, 2.24) is 15.3 Å². The molecule has 0 saturated heterocycles. The number of amides is 1. The predicted octanol–water partition coefficient (Wildman–Crippen LogP) is -1.48. The molecule has 1 aromatic heterocycles. The molecule has 0 fully saturated rings. The Morgan fingerprint density at radius 1 is 1.29 bits per heavy atom. The summed E-state index contributed by atoms with van der Waals surface area (Å²) in [4.78, 5) is 48.8. The standard InChI is InChI=1S/C12H17N3O6/c1-7-8(11(19)15-12(20)14-7)2-3-9(16)13-4-5-21-6-10(17)18/h2-6H2,1H3,(H,13,16)(H,17,18)(H2,14,15,19,20). The van der Waals surface area contributed by atoms with Crippen LogP contribution in [-0.2, 0) is 20.7 Å². The van der Waals surface area contributed by atoms with E-state index in [9.17, 15) is 19.2 Å². The summed E-state index contributed by atoms with van der Waals surface area (Å²) in [5.41, 5.74) is -0.302. The number of hydrogen-bond donors (Lipinski definition) is 4. The van der Waals surface area contributed by atoms with E-state index in [2.05, 4.69) is 15.3 Å². The number of carboxylic acid groups (broad SMARTS) is 1. The van der Waals surface area contributed by atoms with Gasteiger partial charge in [-0.05, 0) is 13.3 Å². The Hall–Kier alpha value is -2.42. The third-order valence-corrected chi connectivity index (χ3v) is 2.65. The summed E-state index contributed by atoms with van der Waals surface area (Å²) in [5, 5.41) is 10.9. The predicted molar refractivity (Wildman–Crippen MR) is 72.2 cm³/mol. The van der Waals surface area contributed by atoms with Crippen molar-refractivity contribution in [1.29, 1.82) is 0 Å². The lowest BCUT2D eigenvalue weighted by Crippen LogP contribution is -2.30. The van der Waals surface area contributed by atoms with Crippen LogP contribution in [0.5, 0.6) is 0 Å². The second kappa shape index (κ2) is 8.00. The van der Waals surface area contributed by atoms with Crippen molar-refractivity contribution in [2.75, 3.05) is 19.8 Å². The average molecular weight is 299 g/mol. The van der Waals surface area contributed by atoms with E-state index in [1.807, 2.05) is 0 Å². The first-order chi connectivity index (χ1) is 9.90. The van der Waals surface area contributed by atoms with Crippen molar-refractivity contribution < 1.29 is 19.4 Å². The maximum atomic E-state index is 11.6. The molecule has 4 N–H and O–H groups in total. The molecule has 1 heterocycles. The van der Waals surface area contributed by atoms with Gasteiger partial charge in [-0.3, -0.25) is 14.6 Å². The van der Waals surface area contributed by atoms with Crippen molar-refractivity contribution in [3.8, 4) is 0 Å². The second-order valence-corrected chi connectivity index (χ2v) is 4.31. The number of carboxylic acids is 1. The molecule has 9 heteroatoms. The zero-order chi connectivity index (χ0) is 15.8. The first kappa shape index (κ1) is 16.6. The Bertz CT molecular complexity index is 618. The van der Waals surface area contributed by atoms with Crippen molar-refractivity contribution >= 4 is 11.9 Å². The molecular weight excluding hydrogens is 282 g/mol. The van der Waals surface area contributed by atoms with Crippen LogP contribution in [0.3, 0.4) is 0 Å². The molecule has 21 heavy (non-hydrogen) atoms. The summed E-state index contributed by atoms with van der Waals surface area (Å²) in [6.07, 6.45) is 0.272. The summed E-state index contributed by atoms with van der Waals surface area (Å²) in [5.74, 6) is -1.37. The molecular formula is C12H17N3O6. The zero-order valence-corrected chi connectivity index (χ0v) is 11.5. The van der Waals surface area contributed by atoms with Crippen LogP contribution in [0.15, 0.2) is 9.59 Å². The van der Waals surface area contributed by atoms with E-state index in [1.165, 1.54) is 0 Å². The number of aryl methyl sites for hydroxylation is 1. The number of aliphatic carboxylic acids is 1. The molecule has 0 radical (unpaired) electrons. The van der Waals surface area contributed by atoms with E-state index in [0.29, 0.717) is 11.3 Å². The van der Waals surface area contributed by atoms with Gasteiger partial charge in [-0.15, -0.1) is 0 Å². The molecule has 0 aliphatic rings. The third kappa shape index (κ3) is 6.04. The Kier molecular flexibility index (Phi) is 6.34. The SMILES string of the molecule is Cc1[nH]c(=O)[nH]c(=O)c1CCC(=O)NCCOCC(=O)O. The van der Waals surface area contributed by atoms with Gasteiger partial charge in [-0.1, -0.05) is 0 Å². The van der Waals surface area contributed by atoms with Crippen molar-refractivity contribution in [3.63, 3.8) is 0 Å². The normalized spacial score (nSPS) is 10.3. The van der Waals surface area contributed by atoms with Gasteiger partial charge < -0.3 is 20.1 Å². The highest BCUT2D eigenvalue weighted by Gasteiger charge is 2.08. The topological polar surface area (TPSA) is 141 Å².